The van der Waals surface area contributed by atoms with Gasteiger partial charge in [0.15, 0.2) is 16.6 Å². The standard InChI is InChI=1S/C23H21N5O4S/c1-2-31-20-9-15(5-6-19(20)32-12-14-4-3-7-25-10-14)22(30)28-23-27-18(13-33-23)16-8-17(21(24)29)26-11-16/h3-11,13,26H,2,12H2,1H3,(H2,24,29)(H,27,28,30). The quantitative estimate of drug-likeness (QED) is 0.345. The Labute approximate surface area is 193 Å². The van der Waals surface area contributed by atoms with Crippen LogP contribution in [0.15, 0.2) is 60.4 Å². The zero-order valence-electron chi connectivity index (χ0n) is 17.7. The third-order valence-corrected chi connectivity index (χ3v) is 5.35. The van der Waals surface area contributed by atoms with Crippen LogP contribution in [0.3, 0.4) is 0 Å². The maximum absolute atomic E-state index is 12.8. The van der Waals surface area contributed by atoms with Crippen LogP contribution in [0.4, 0.5) is 5.13 Å². The first-order valence-electron chi connectivity index (χ1n) is 10.1. The van der Waals surface area contributed by atoms with Gasteiger partial charge < -0.3 is 20.2 Å². The highest BCUT2D eigenvalue weighted by Gasteiger charge is 2.15. The summed E-state index contributed by atoms with van der Waals surface area (Å²) in [6, 6.07) is 10.4. The maximum Gasteiger partial charge on any atom is 0.265 e. The molecule has 9 nitrogen and oxygen atoms in total. The first kappa shape index (κ1) is 22.0. The van der Waals surface area contributed by atoms with E-state index in [4.69, 9.17) is 15.2 Å². The van der Waals surface area contributed by atoms with E-state index in [2.05, 4.69) is 20.3 Å². The van der Waals surface area contributed by atoms with Crippen molar-refractivity contribution in [2.24, 2.45) is 5.73 Å². The summed E-state index contributed by atoms with van der Waals surface area (Å²) in [5.41, 5.74) is 8.21. The van der Waals surface area contributed by atoms with E-state index >= 15 is 0 Å². The van der Waals surface area contributed by atoms with Crippen LogP contribution in [0, 0.1) is 0 Å². The number of benzene rings is 1. The Morgan fingerprint density at radius 1 is 1.18 bits per heavy atom. The molecule has 4 N–H and O–H groups in total. The van der Waals surface area contributed by atoms with Gasteiger partial charge in [0, 0.05) is 40.7 Å². The van der Waals surface area contributed by atoms with Crippen LogP contribution in [0.25, 0.3) is 11.3 Å². The number of hydrogen-bond acceptors (Lipinski definition) is 7. The molecular weight excluding hydrogens is 442 g/mol. The summed E-state index contributed by atoms with van der Waals surface area (Å²) in [7, 11) is 0. The Balaban J connectivity index is 1.46. The third kappa shape index (κ3) is 5.36. The number of hydrogen-bond donors (Lipinski definition) is 3. The number of nitrogens with zero attached hydrogens (tertiary/aromatic N) is 2. The Morgan fingerprint density at radius 2 is 2.06 bits per heavy atom. The molecule has 0 radical (unpaired) electrons. The van der Waals surface area contributed by atoms with Crippen molar-refractivity contribution in [2.75, 3.05) is 11.9 Å². The maximum atomic E-state index is 12.8. The molecule has 1 aromatic carbocycles. The van der Waals surface area contributed by atoms with Gasteiger partial charge in [-0.05, 0) is 37.3 Å². The summed E-state index contributed by atoms with van der Waals surface area (Å²) in [6.45, 7) is 2.62. The average molecular weight is 464 g/mol. The fourth-order valence-corrected chi connectivity index (χ4v) is 3.71. The minimum absolute atomic E-state index is 0.290. The van der Waals surface area contributed by atoms with Crippen LogP contribution < -0.4 is 20.5 Å². The van der Waals surface area contributed by atoms with Gasteiger partial charge in [-0.25, -0.2) is 4.98 Å². The summed E-state index contributed by atoms with van der Waals surface area (Å²) < 4.78 is 11.5. The van der Waals surface area contributed by atoms with Crippen molar-refractivity contribution in [1.82, 2.24) is 15.0 Å². The number of aromatic nitrogens is 3. The van der Waals surface area contributed by atoms with E-state index in [9.17, 15) is 9.59 Å². The normalized spacial score (nSPS) is 10.6. The Bertz CT molecular complexity index is 1270. The largest absolute Gasteiger partial charge is 0.490 e. The van der Waals surface area contributed by atoms with Crippen molar-refractivity contribution in [3.63, 3.8) is 0 Å². The number of nitrogens with two attached hydrogens (primary N) is 1. The molecule has 0 atom stereocenters. The summed E-state index contributed by atoms with van der Waals surface area (Å²) in [4.78, 5) is 35.3. The fourth-order valence-electron chi connectivity index (χ4n) is 3.00. The number of ether oxygens (including phenoxy) is 2. The van der Waals surface area contributed by atoms with Crippen LogP contribution >= 0.6 is 11.3 Å². The van der Waals surface area contributed by atoms with Crippen molar-refractivity contribution in [1.29, 1.82) is 0 Å². The van der Waals surface area contributed by atoms with Crippen LogP contribution in [-0.4, -0.2) is 33.4 Å². The molecule has 168 valence electrons. The van der Waals surface area contributed by atoms with E-state index in [-0.39, 0.29) is 11.6 Å². The average Bonchev–Trinajstić information content (AvgIpc) is 3.49. The number of carbonyl (C=O) groups is 2. The predicted octanol–water partition coefficient (Wildman–Crippen LogP) is 3.86. The number of amides is 2. The second-order valence-corrected chi connectivity index (χ2v) is 7.76. The van der Waals surface area contributed by atoms with Crippen molar-refractivity contribution >= 4 is 28.3 Å². The van der Waals surface area contributed by atoms with E-state index in [1.54, 1.807) is 48.2 Å². The van der Waals surface area contributed by atoms with Gasteiger partial charge >= 0.3 is 0 Å². The zero-order chi connectivity index (χ0) is 23.2. The first-order chi connectivity index (χ1) is 16.0. The van der Waals surface area contributed by atoms with E-state index in [0.717, 1.165) is 5.56 Å². The number of pyridine rings is 1. The number of thiazole rings is 1. The highest BCUT2D eigenvalue weighted by molar-refractivity contribution is 7.14. The number of H-pyrrole nitrogens is 1. The van der Waals surface area contributed by atoms with Gasteiger partial charge in [-0.15, -0.1) is 11.3 Å². The topological polar surface area (TPSA) is 132 Å². The van der Waals surface area contributed by atoms with Gasteiger partial charge in [0.05, 0.1) is 12.3 Å². The van der Waals surface area contributed by atoms with E-state index in [1.165, 1.54) is 11.3 Å². The van der Waals surface area contributed by atoms with E-state index in [1.807, 2.05) is 19.1 Å². The van der Waals surface area contributed by atoms with Crippen LogP contribution in [0.1, 0.15) is 33.3 Å². The Morgan fingerprint density at radius 3 is 2.79 bits per heavy atom. The number of aromatic amines is 1. The third-order valence-electron chi connectivity index (χ3n) is 4.59. The lowest BCUT2D eigenvalue weighted by atomic mass is 10.2. The predicted molar refractivity (Wildman–Crippen MR) is 125 cm³/mol. The lowest BCUT2D eigenvalue weighted by Crippen LogP contribution is -2.12. The van der Waals surface area contributed by atoms with Gasteiger partial charge in [-0.3, -0.25) is 19.9 Å². The van der Waals surface area contributed by atoms with Crippen LogP contribution in [0.2, 0.25) is 0 Å². The molecule has 3 aromatic heterocycles. The molecule has 0 aliphatic heterocycles. The molecule has 0 bridgehead atoms. The van der Waals surface area contributed by atoms with Gasteiger partial charge in [0.25, 0.3) is 11.8 Å². The molecule has 0 saturated heterocycles. The number of anilines is 1. The Kier molecular flexibility index (Phi) is 6.65. The number of nitrogens with one attached hydrogen (secondary N) is 2. The second-order valence-electron chi connectivity index (χ2n) is 6.90. The monoisotopic (exact) mass is 463 g/mol. The summed E-state index contributed by atoms with van der Waals surface area (Å²) in [5, 5.41) is 4.99. The summed E-state index contributed by atoms with van der Waals surface area (Å²) in [5.74, 6) is 0.122. The smallest absolute Gasteiger partial charge is 0.265 e. The van der Waals surface area contributed by atoms with Crippen molar-refractivity contribution < 1.29 is 19.1 Å². The molecule has 33 heavy (non-hydrogen) atoms. The lowest BCUT2D eigenvalue weighted by Gasteiger charge is -2.13. The van der Waals surface area contributed by atoms with Crippen molar-refractivity contribution in [3.05, 3.63) is 77.2 Å². The molecule has 0 saturated carbocycles. The molecule has 2 amide bonds. The minimum Gasteiger partial charge on any atom is -0.490 e. The first-order valence-corrected chi connectivity index (χ1v) is 11.0. The lowest BCUT2D eigenvalue weighted by molar-refractivity contribution is 0.0994. The van der Waals surface area contributed by atoms with Gasteiger partial charge in [-0.2, -0.15) is 0 Å². The molecule has 0 fully saturated rings. The molecule has 0 aliphatic rings. The second kappa shape index (κ2) is 9.96. The van der Waals surface area contributed by atoms with E-state index in [0.29, 0.717) is 46.7 Å². The van der Waals surface area contributed by atoms with Crippen LogP contribution in [0.5, 0.6) is 11.5 Å². The molecule has 4 aromatic rings. The van der Waals surface area contributed by atoms with Gasteiger partial charge in [-0.1, -0.05) is 6.07 Å². The van der Waals surface area contributed by atoms with Crippen LogP contribution in [-0.2, 0) is 6.61 Å². The highest BCUT2D eigenvalue weighted by Crippen LogP contribution is 2.30. The summed E-state index contributed by atoms with van der Waals surface area (Å²) >= 11 is 1.27. The van der Waals surface area contributed by atoms with Crippen molar-refractivity contribution in [2.45, 2.75) is 13.5 Å². The molecule has 4 rings (SSSR count). The van der Waals surface area contributed by atoms with Crippen molar-refractivity contribution in [3.8, 4) is 22.8 Å². The fraction of sp³-hybridized carbons (Fsp3) is 0.130. The molecule has 10 heteroatoms. The zero-order valence-corrected chi connectivity index (χ0v) is 18.5. The number of carbonyl (C=O) groups excluding carboxylic acids is 2. The molecule has 0 aliphatic carbocycles. The molecule has 0 spiro atoms. The number of rotatable bonds is 9. The molecular formula is C23H21N5O4S. The SMILES string of the molecule is CCOc1cc(C(=O)Nc2nc(-c3c[nH]c(C(N)=O)c3)cs2)ccc1OCc1cccnc1. The minimum atomic E-state index is -0.553. The Hall–Kier alpha value is -4.18. The van der Waals surface area contributed by atoms with E-state index < -0.39 is 5.91 Å². The number of primary amides is 1. The molecule has 3 heterocycles. The summed E-state index contributed by atoms with van der Waals surface area (Å²) in [6.07, 6.45) is 5.07. The molecule has 0 unspecified atom stereocenters. The van der Waals surface area contributed by atoms with Gasteiger partial charge in [0.1, 0.15) is 12.3 Å². The highest BCUT2D eigenvalue weighted by atomic mass is 32.1. The van der Waals surface area contributed by atoms with Gasteiger partial charge in [0.2, 0.25) is 0 Å².